The predicted octanol–water partition coefficient (Wildman–Crippen LogP) is 3.22. The second-order valence-electron chi connectivity index (χ2n) is 6.40. The first-order valence-corrected chi connectivity index (χ1v) is 9.00. The molecule has 0 aliphatic rings. The quantitative estimate of drug-likeness (QED) is 0.173. The molecule has 0 radical (unpaired) electrons. The molecule has 142 valence electrons. The normalized spacial score (nSPS) is 11.9. The van der Waals surface area contributed by atoms with E-state index in [9.17, 15) is 4.79 Å². The molecule has 0 aromatic heterocycles. The Morgan fingerprint density at radius 3 is 1.75 bits per heavy atom. The number of nitrogens with zero attached hydrogens (tertiary/aromatic N) is 1. The van der Waals surface area contributed by atoms with E-state index >= 15 is 0 Å². The first-order chi connectivity index (χ1) is 13.6. The number of esters is 1. The van der Waals surface area contributed by atoms with Gasteiger partial charge in [-0.05, 0) is 35.7 Å². The van der Waals surface area contributed by atoms with Gasteiger partial charge in [0.05, 0.1) is 17.7 Å². The van der Waals surface area contributed by atoms with Crippen LogP contribution in [0.4, 0.5) is 0 Å². The molecule has 28 heavy (non-hydrogen) atoms. The van der Waals surface area contributed by atoms with Crippen LogP contribution in [-0.4, -0.2) is 18.2 Å². The molecule has 0 unspecified atom stereocenters. The second kappa shape index (κ2) is 8.50. The zero-order chi connectivity index (χ0) is 20.0. The summed E-state index contributed by atoms with van der Waals surface area (Å²) < 4.78 is 5.21. The molecule has 5 nitrogen and oxygen atoms in total. The van der Waals surface area contributed by atoms with Gasteiger partial charge in [-0.1, -0.05) is 72.8 Å². The molecule has 4 N–H and O–H groups in total. The van der Waals surface area contributed by atoms with Gasteiger partial charge >= 0.3 is 5.97 Å². The summed E-state index contributed by atoms with van der Waals surface area (Å²) in [6.45, 7) is 1.75. The van der Waals surface area contributed by atoms with Crippen LogP contribution < -0.4 is 16.3 Å². The van der Waals surface area contributed by atoms with Gasteiger partial charge in [0.15, 0.2) is 0 Å². The number of ether oxygens (including phenoxy) is 1. The van der Waals surface area contributed by atoms with Gasteiger partial charge in [0, 0.05) is 0 Å². The van der Waals surface area contributed by atoms with Crippen LogP contribution in [0.25, 0.3) is 0 Å². The van der Waals surface area contributed by atoms with E-state index in [1.807, 2.05) is 55.5 Å². The van der Waals surface area contributed by atoms with Crippen molar-refractivity contribution in [2.75, 3.05) is 6.54 Å². The number of carbonyl (C=O) groups excluding carboxylic acids is 1. The van der Waals surface area contributed by atoms with Crippen molar-refractivity contribution in [2.45, 2.75) is 12.3 Å². The highest BCUT2D eigenvalue weighted by atomic mass is 16.5. The minimum absolute atomic E-state index is 0.168. The van der Waals surface area contributed by atoms with Gasteiger partial charge in [0.2, 0.25) is 0 Å². The summed E-state index contributed by atoms with van der Waals surface area (Å²) in [5.74, 6) is 5.75. The molecule has 3 aromatic rings. The molecule has 5 heteroatoms. The van der Waals surface area contributed by atoms with E-state index in [-0.39, 0.29) is 6.54 Å². The van der Waals surface area contributed by atoms with Crippen LogP contribution in [0, 0.1) is 0 Å². The summed E-state index contributed by atoms with van der Waals surface area (Å²) in [4.78, 5) is 11.5. The monoisotopic (exact) mass is 373 g/mol. The highest BCUT2D eigenvalue weighted by molar-refractivity contribution is 6.00. The number of hydrazone groups is 1. The van der Waals surface area contributed by atoms with Crippen LogP contribution in [0.1, 0.15) is 23.6 Å². The molecule has 0 amide bonds. The summed E-state index contributed by atoms with van der Waals surface area (Å²) in [5.41, 5.74) is 8.44. The summed E-state index contributed by atoms with van der Waals surface area (Å²) >= 11 is 0. The lowest BCUT2D eigenvalue weighted by molar-refractivity contribution is -0.132. The molecule has 0 saturated carbocycles. The van der Waals surface area contributed by atoms with Crippen LogP contribution >= 0.6 is 0 Å². The van der Waals surface area contributed by atoms with Crippen molar-refractivity contribution in [1.29, 1.82) is 0 Å². The van der Waals surface area contributed by atoms with E-state index in [0.29, 0.717) is 5.75 Å². The lowest BCUT2D eigenvalue weighted by Gasteiger charge is -2.35. The minimum Gasteiger partial charge on any atom is -0.426 e. The number of benzene rings is 3. The zero-order valence-electron chi connectivity index (χ0n) is 15.7. The van der Waals surface area contributed by atoms with E-state index in [1.165, 1.54) is 0 Å². The summed E-state index contributed by atoms with van der Waals surface area (Å²) in [5, 5.41) is 4.09. The minimum atomic E-state index is -0.673. The number of nitrogens with two attached hydrogens (primary N) is 2. The van der Waals surface area contributed by atoms with E-state index in [2.05, 4.69) is 29.4 Å². The maximum Gasteiger partial charge on any atom is 0.325 e. The van der Waals surface area contributed by atoms with Gasteiger partial charge in [-0.15, -0.1) is 0 Å². The fourth-order valence-electron chi connectivity index (χ4n) is 3.55. The molecule has 0 bridgehead atoms. The topological polar surface area (TPSA) is 90.7 Å². The van der Waals surface area contributed by atoms with Gasteiger partial charge in [-0.25, -0.2) is 0 Å². The van der Waals surface area contributed by atoms with Crippen molar-refractivity contribution in [2.24, 2.45) is 16.7 Å². The fourth-order valence-corrected chi connectivity index (χ4v) is 3.55. The lowest BCUT2D eigenvalue weighted by Crippen LogP contribution is -2.37. The average molecular weight is 373 g/mol. The lowest BCUT2D eigenvalue weighted by atomic mass is 9.66. The highest BCUT2D eigenvalue weighted by Gasteiger charge is 2.39. The van der Waals surface area contributed by atoms with Crippen molar-refractivity contribution in [3.05, 3.63) is 102 Å². The largest absolute Gasteiger partial charge is 0.426 e. The maximum absolute atomic E-state index is 11.5. The Hall–Kier alpha value is -3.44. The predicted molar refractivity (Wildman–Crippen MR) is 111 cm³/mol. The Labute approximate surface area is 164 Å². The molecule has 3 rings (SSSR count). The first kappa shape index (κ1) is 19.3. The van der Waals surface area contributed by atoms with Crippen molar-refractivity contribution in [3.8, 4) is 5.75 Å². The van der Waals surface area contributed by atoms with Gasteiger partial charge < -0.3 is 16.3 Å². The summed E-state index contributed by atoms with van der Waals surface area (Å²) in [7, 11) is 0. The van der Waals surface area contributed by atoms with Crippen LogP contribution in [0.2, 0.25) is 0 Å². The van der Waals surface area contributed by atoms with Gasteiger partial charge in [0.1, 0.15) is 5.75 Å². The second-order valence-corrected chi connectivity index (χ2v) is 6.40. The SMILES string of the molecule is CC(=NN)C(c1ccccc1)(c1ccccc1)c1ccc(OC(=O)CN)cc1. The average Bonchev–Trinajstić information content (AvgIpc) is 2.76. The fraction of sp³-hybridized carbons (Fsp3) is 0.130. The van der Waals surface area contributed by atoms with Gasteiger partial charge in [-0.2, -0.15) is 5.10 Å². The van der Waals surface area contributed by atoms with E-state index < -0.39 is 11.4 Å². The first-order valence-electron chi connectivity index (χ1n) is 9.00. The molecule has 0 spiro atoms. The number of carbonyl (C=O) groups is 1. The van der Waals surface area contributed by atoms with E-state index in [1.54, 1.807) is 12.1 Å². The van der Waals surface area contributed by atoms with E-state index in [4.69, 9.17) is 16.3 Å². The van der Waals surface area contributed by atoms with Crippen LogP contribution in [0.3, 0.4) is 0 Å². The third-order valence-corrected chi connectivity index (χ3v) is 4.84. The number of hydrogen-bond acceptors (Lipinski definition) is 5. The number of hydrogen-bond donors (Lipinski definition) is 2. The maximum atomic E-state index is 11.5. The molecule has 3 aromatic carbocycles. The van der Waals surface area contributed by atoms with Crippen molar-refractivity contribution in [1.82, 2.24) is 0 Å². The van der Waals surface area contributed by atoms with Crippen LogP contribution in [0.15, 0.2) is 90.0 Å². The van der Waals surface area contributed by atoms with Crippen LogP contribution in [-0.2, 0) is 10.2 Å². The van der Waals surface area contributed by atoms with Crippen molar-refractivity contribution in [3.63, 3.8) is 0 Å². The van der Waals surface area contributed by atoms with Gasteiger partial charge in [0.25, 0.3) is 0 Å². The van der Waals surface area contributed by atoms with Crippen molar-refractivity contribution < 1.29 is 9.53 Å². The molecule has 0 fully saturated rings. The summed E-state index contributed by atoms with van der Waals surface area (Å²) in [6.07, 6.45) is 0. The van der Waals surface area contributed by atoms with Crippen LogP contribution in [0.5, 0.6) is 5.75 Å². The highest BCUT2D eigenvalue weighted by Crippen LogP contribution is 2.41. The summed E-state index contributed by atoms with van der Waals surface area (Å²) in [6, 6.07) is 27.5. The Morgan fingerprint density at radius 2 is 1.32 bits per heavy atom. The molecular formula is C23H23N3O2. The zero-order valence-corrected chi connectivity index (χ0v) is 15.7. The molecule has 0 heterocycles. The Balaban J connectivity index is 2.23. The molecule has 0 atom stereocenters. The number of rotatable bonds is 6. The van der Waals surface area contributed by atoms with Crippen molar-refractivity contribution >= 4 is 11.7 Å². The standard InChI is InChI=1S/C23H23N3O2/c1-17(26-25)23(18-8-4-2-5-9-18,19-10-6-3-7-11-19)20-12-14-21(15-13-20)28-22(27)16-24/h2-15H,16,24-25H2,1H3. The molecule has 0 saturated heterocycles. The van der Waals surface area contributed by atoms with E-state index in [0.717, 1.165) is 22.4 Å². The third-order valence-electron chi connectivity index (χ3n) is 4.84. The Bertz CT molecular complexity index is 913. The molecule has 0 aliphatic heterocycles. The Kier molecular flexibility index (Phi) is 5.87. The molecular weight excluding hydrogens is 350 g/mol. The third kappa shape index (κ3) is 3.52. The Morgan fingerprint density at radius 1 is 0.857 bits per heavy atom. The van der Waals surface area contributed by atoms with Gasteiger partial charge in [-0.3, -0.25) is 4.79 Å². The molecule has 0 aliphatic carbocycles. The smallest absolute Gasteiger partial charge is 0.325 e.